The molecule has 2 rings (SSSR count). The highest BCUT2D eigenvalue weighted by Gasteiger charge is 2.21. The number of carbonyl (C=O) groups excluding carboxylic acids is 3. The summed E-state index contributed by atoms with van der Waals surface area (Å²) in [5, 5.41) is 6.12. The van der Waals surface area contributed by atoms with Crippen molar-refractivity contribution in [3.8, 4) is 0 Å². The van der Waals surface area contributed by atoms with Crippen LogP contribution in [0.5, 0.6) is 0 Å². The van der Waals surface area contributed by atoms with Crippen LogP contribution in [-0.4, -0.2) is 17.6 Å². The van der Waals surface area contributed by atoms with Crippen molar-refractivity contribution < 1.29 is 14.4 Å². The molecule has 0 atom stereocenters. The van der Waals surface area contributed by atoms with Gasteiger partial charge >= 0.3 is 0 Å². The second-order valence-electron chi connectivity index (χ2n) is 7.26. The van der Waals surface area contributed by atoms with E-state index in [4.69, 9.17) is 11.6 Å². The van der Waals surface area contributed by atoms with E-state index >= 15 is 0 Å². The van der Waals surface area contributed by atoms with Crippen molar-refractivity contribution >= 4 is 40.6 Å². The van der Waals surface area contributed by atoms with Crippen molar-refractivity contribution in [2.24, 2.45) is 5.41 Å². The van der Waals surface area contributed by atoms with E-state index in [0.717, 1.165) is 0 Å². The molecule has 0 unspecified atom stereocenters. The van der Waals surface area contributed by atoms with Gasteiger partial charge in [0.15, 0.2) is 5.78 Å². The number of anilines is 2. The van der Waals surface area contributed by atoms with Gasteiger partial charge in [-0.05, 0) is 42.5 Å². The van der Waals surface area contributed by atoms with E-state index < -0.39 is 5.41 Å². The quantitative estimate of drug-likeness (QED) is 0.691. The van der Waals surface area contributed by atoms with Crippen LogP contribution in [0.25, 0.3) is 0 Å². The molecule has 0 aliphatic rings. The first-order valence-electron chi connectivity index (χ1n) is 8.65. The number of halogens is 1. The minimum absolute atomic E-state index is 0.0695. The van der Waals surface area contributed by atoms with Crippen molar-refractivity contribution in [3.63, 3.8) is 0 Å². The molecule has 6 heteroatoms. The van der Waals surface area contributed by atoms with Gasteiger partial charge in [0.2, 0.25) is 11.8 Å². The van der Waals surface area contributed by atoms with Gasteiger partial charge in [0.05, 0.1) is 0 Å². The molecule has 0 fully saturated rings. The predicted octanol–water partition coefficient (Wildman–Crippen LogP) is 4.93. The maximum Gasteiger partial charge on any atom is 0.229 e. The largest absolute Gasteiger partial charge is 0.326 e. The van der Waals surface area contributed by atoms with Crippen molar-refractivity contribution in [3.05, 3.63) is 59.1 Å². The molecule has 0 aliphatic heterocycles. The van der Waals surface area contributed by atoms with Gasteiger partial charge in [0.25, 0.3) is 0 Å². The molecule has 27 heavy (non-hydrogen) atoms. The molecule has 0 heterocycles. The van der Waals surface area contributed by atoms with Crippen LogP contribution in [0, 0.1) is 5.41 Å². The molecule has 2 aromatic carbocycles. The van der Waals surface area contributed by atoms with Crippen LogP contribution >= 0.6 is 11.6 Å². The summed E-state index contributed by atoms with van der Waals surface area (Å²) < 4.78 is 0. The Balaban J connectivity index is 1.90. The Morgan fingerprint density at radius 3 is 2.07 bits per heavy atom. The summed E-state index contributed by atoms with van der Waals surface area (Å²) in [5.41, 5.74) is 1.18. The smallest absolute Gasteiger partial charge is 0.229 e. The highest BCUT2D eigenvalue weighted by molar-refractivity contribution is 6.30. The van der Waals surface area contributed by atoms with Crippen LogP contribution < -0.4 is 10.6 Å². The second-order valence-corrected chi connectivity index (χ2v) is 7.70. The monoisotopic (exact) mass is 386 g/mol. The van der Waals surface area contributed by atoms with Crippen LogP contribution in [0.1, 0.15) is 44.0 Å². The first-order valence-corrected chi connectivity index (χ1v) is 9.03. The third kappa shape index (κ3) is 6.53. The lowest BCUT2D eigenvalue weighted by Gasteiger charge is -2.18. The summed E-state index contributed by atoms with van der Waals surface area (Å²) in [6, 6.07) is 13.5. The molecule has 0 radical (unpaired) electrons. The van der Waals surface area contributed by atoms with Gasteiger partial charge in [0, 0.05) is 40.2 Å². The molecule has 0 saturated heterocycles. The zero-order valence-electron chi connectivity index (χ0n) is 15.6. The molecule has 2 amide bonds. The number of rotatable bonds is 6. The first-order chi connectivity index (χ1) is 12.6. The lowest BCUT2D eigenvalue weighted by molar-refractivity contribution is -0.123. The molecule has 0 spiro atoms. The summed E-state index contributed by atoms with van der Waals surface area (Å²) in [6.45, 7) is 5.48. The molecule has 2 aromatic rings. The number of benzene rings is 2. The minimum Gasteiger partial charge on any atom is -0.326 e. The number of ketones is 1. The van der Waals surface area contributed by atoms with Crippen molar-refractivity contribution in [2.75, 3.05) is 10.6 Å². The topological polar surface area (TPSA) is 75.3 Å². The lowest BCUT2D eigenvalue weighted by atomic mass is 9.95. The number of carbonyl (C=O) groups is 3. The van der Waals surface area contributed by atoms with E-state index in [2.05, 4.69) is 10.6 Å². The number of hydrogen-bond donors (Lipinski definition) is 2. The molecular formula is C21H23ClN2O3. The van der Waals surface area contributed by atoms with Gasteiger partial charge in [0.1, 0.15) is 0 Å². The Hall–Kier alpha value is -2.66. The Kier molecular flexibility index (Phi) is 6.75. The van der Waals surface area contributed by atoms with Gasteiger partial charge in [-0.15, -0.1) is 0 Å². The SMILES string of the molecule is CC(C)(C)C(=O)Nc1cccc(NC(=O)CCC(=O)c2ccc(Cl)cc2)c1. The van der Waals surface area contributed by atoms with Gasteiger partial charge in [-0.3, -0.25) is 14.4 Å². The van der Waals surface area contributed by atoms with Crippen LogP contribution in [-0.2, 0) is 9.59 Å². The Morgan fingerprint density at radius 2 is 1.48 bits per heavy atom. The van der Waals surface area contributed by atoms with E-state index in [9.17, 15) is 14.4 Å². The first kappa shape index (κ1) is 20.6. The van der Waals surface area contributed by atoms with Gasteiger partial charge in [-0.25, -0.2) is 0 Å². The lowest BCUT2D eigenvalue weighted by Crippen LogP contribution is -2.27. The molecule has 0 aromatic heterocycles. The van der Waals surface area contributed by atoms with Crippen LogP contribution in [0.15, 0.2) is 48.5 Å². The third-order valence-corrected chi connectivity index (χ3v) is 4.08. The molecule has 142 valence electrons. The Bertz CT molecular complexity index is 839. The fourth-order valence-corrected chi connectivity index (χ4v) is 2.35. The van der Waals surface area contributed by atoms with Crippen molar-refractivity contribution in [1.82, 2.24) is 0 Å². The van der Waals surface area contributed by atoms with E-state index in [1.165, 1.54) is 0 Å². The standard InChI is InChI=1S/C21H23ClN2O3/c1-21(2,3)20(27)24-17-6-4-5-16(13-17)23-19(26)12-11-18(25)14-7-9-15(22)10-8-14/h4-10,13H,11-12H2,1-3H3,(H,23,26)(H,24,27). The summed E-state index contributed by atoms with van der Waals surface area (Å²) in [6.07, 6.45) is 0.175. The van der Waals surface area contributed by atoms with E-state index in [1.54, 1.807) is 48.5 Å². The number of hydrogen-bond acceptors (Lipinski definition) is 3. The van der Waals surface area contributed by atoms with E-state index in [1.807, 2.05) is 20.8 Å². The number of Topliss-reactive ketones (excluding diaryl/α,β-unsaturated/α-hetero) is 1. The van der Waals surface area contributed by atoms with E-state index in [-0.39, 0.29) is 30.4 Å². The Morgan fingerprint density at radius 1 is 0.889 bits per heavy atom. The molecule has 0 aliphatic carbocycles. The summed E-state index contributed by atoms with van der Waals surface area (Å²) >= 11 is 5.80. The maximum atomic E-state index is 12.1. The summed E-state index contributed by atoms with van der Waals surface area (Å²) in [7, 11) is 0. The minimum atomic E-state index is -0.513. The van der Waals surface area contributed by atoms with Crippen molar-refractivity contribution in [2.45, 2.75) is 33.6 Å². The van der Waals surface area contributed by atoms with Crippen LogP contribution in [0.4, 0.5) is 11.4 Å². The summed E-state index contributed by atoms with van der Waals surface area (Å²) in [4.78, 5) is 36.3. The molecule has 0 saturated carbocycles. The summed E-state index contributed by atoms with van der Waals surface area (Å²) in [5.74, 6) is -0.496. The number of amides is 2. The third-order valence-electron chi connectivity index (χ3n) is 3.83. The average Bonchev–Trinajstić information content (AvgIpc) is 2.60. The number of nitrogens with one attached hydrogen (secondary N) is 2. The molecule has 5 nitrogen and oxygen atoms in total. The fraction of sp³-hybridized carbons (Fsp3) is 0.286. The highest BCUT2D eigenvalue weighted by atomic mass is 35.5. The normalized spacial score (nSPS) is 11.0. The zero-order valence-corrected chi connectivity index (χ0v) is 16.4. The van der Waals surface area contributed by atoms with Crippen molar-refractivity contribution in [1.29, 1.82) is 0 Å². The van der Waals surface area contributed by atoms with Crippen LogP contribution in [0.2, 0.25) is 5.02 Å². The van der Waals surface area contributed by atoms with Gasteiger partial charge < -0.3 is 10.6 Å². The fourth-order valence-electron chi connectivity index (χ4n) is 2.22. The Labute approximate surface area is 164 Å². The van der Waals surface area contributed by atoms with Gasteiger partial charge in [-0.2, -0.15) is 0 Å². The average molecular weight is 387 g/mol. The van der Waals surface area contributed by atoms with Gasteiger partial charge in [-0.1, -0.05) is 38.4 Å². The highest BCUT2D eigenvalue weighted by Crippen LogP contribution is 2.20. The maximum absolute atomic E-state index is 12.1. The second kappa shape index (κ2) is 8.82. The predicted molar refractivity (Wildman–Crippen MR) is 108 cm³/mol. The molecule has 2 N–H and O–H groups in total. The van der Waals surface area contributed by atoms with Crippen LogP contribution in [0.3, 0.4) is 0 Å². The zero-order chi connectivity index (χ0) is 20.0. The molecular weight excluding hydrogens is 364 g/mol. The van der Waals surface area contributed by atoms with E-state index in [0.29, 0.717) is 22.0 Å². The molecule has 0 bridgehead atoms.